The Morgan fingerprint density at radius 3 is 2.58 bits per heavy atom. The van der Waals surface area contributed by atoms with Crippen molar-refractivity contribution < 1.29 is 4.79 Å². The lowest BCUT2D eigenvalue weighted by Crippen LogP contribution is -2.05. The molecule has 0 aliphatic heterocycles. The second-order valence-corrected chi connectivity index (χ2v) is 6.09. The zero-order chi connectivity index (χ0) is 13.7. The van der Waals surface area contributed by atoms with E-state index in [0.29, 0.717) is 0 Å². The molecule has 0 aliphatic rings. The lowest BCUT2D eigenvalue weighted by Gasteiger charge is -2.05. The van der Waals surface area contributed by atoms with Crippen LogP contribution in [0.15, 0.2) is 57.9 Å². The molecule has 0 saturated heterocycles. The van der Waals surface area contributed by atoms with E-state index in [1.807, 2.05) is 36.4 Å². The van der Waals surface area contributed by atoms with Gasteiger partial charge in [-0.2, -0.15) is 0 Å². The number of carbonyl (C=O) groups is 1. The molecule has 2 aromatic rings. The number of nitrogens with one attached hydrogen (secondary N) is 1. The van der Waals surface area contributed by atoms with E-state index in [0.717, 1.165) is 15.9 Å². The van der Waals surface area contributed by atoms with Crippen LogP contribution in [0.5, 0.6) is 0 Å². The predicted molar refractivity (Wildman–Crippen MR) is 84.4 cm³/mol. The minimum Gasteiger partial charge on any atom is -0.326 e. The summed E-state index contributed by atoms with van der Waals surface area (Å²) in [6, 6.07) is 16.2. The van der Waals surface area contributed by atoms with Crippen molar-refractivity contribution in [2.24, 2.45) is 0 Å². The summed E-state index contributed by atoms with van der Waals surface area (Å²) in [5.74, 6) is 0.883. The Morgan fingerprint density at radius 1 is 1.21 bits per heavy atom. The Morgan fingerprint density at radius 2 is 1.95 bits per heavy atom. The van der Waals surface area contributed by atoms with Crippen LogP contribution < -0.4 is 5.32 Å². The third kappa shape index (κ3) is 4.73. The first kappa shape index (κ1) is 14.2. The number of hydrogen-bond acceptors (Lipinski definition) is 2. The summed E-state index contributed by atoms with van der Waals surface area (Å²) >= 11 is 5.25. The van der Waals surface area contributed by atoms with Crippen molar-refractivity contribution in [1.29, 1.82) is 0 Å². The Kier molecular flexibility index (Phi) is 5.05. The van der Waals surface area contributed by atoms with E-state index in [4.69, 9.17) is 0 Å². The molecule has 0 fully saturated rings. The summed E-state index contributed by atoms with van der Waals surface area (Å²) in [6.07, 6.45) is 0. The number of anilines is 1. The molecule has 0 aliphatic carbocycles. The van der Waals surface area contributed by atoms with E-state index in [-0.39, 0.29) is 5.91 Å². The van der Waals surface area contributed by atoms with E-state index in [1.165, 1.54) is 17.4 Å². The van der Waals surface area contributed by atoms with E-state index >= 15 is 0 Å². The minimum atomic E-state index is -0.0467. The summed E-state index contributed by atoms with van der Waals surface area (Å²) < 4.78 is 1.10. The van der Waals surface area contributed by atoms with Gasteiger partial charge < -0.3 is 5.32 Å². The average Bonchev–Trinajstić information content (AvgIpc) is 2.37. The van der Waals surface area contributed by atoms with Crippen LogP contribution in [0.1, 0.15) is 12.5 Å². The van der Waals surface area contributed by atoms with Crippen LogP contribution in [0.2, 0.25) is 0 Å². The van der Waals surface area contributed by atoms with Gasteiger partial charge in [0.2, 0.25) is 5.91 Å². The van der Waals surface area contributed by atoms with Crippen molar-refractivity contribution >= 4 is 39.3 Å². The zero-order valence-electron chi connectivity index (χ0n) is 10.5. The van der Waals surface area contributed by atoms with Gasteiger partial charge in [-0.05, 0) is 42.0 Å². The molecule has 4 heteroatoms. The average molecular weight is 336 g/mol. The van der Waals surface area contributed by atoms with Crippen molar-refractivity contribution in [3.8, 4) is 0 Å². The van der Waals surface area contributed by atoms with Crippen molar-refractivity contribution in [3.63, 3.8) is 0 Å². The number of hydrogen-bond donors (Lipinski definition) is 1. The van der Waals surface area contributed by atoms with Gasteiger partial charge in [-0.15, -0.1) is 11.8 Å². The van der Waals surface area contributed by atoms with Crippen LogP contribution in [0.25, 0.3) is 0 Å². The van der Waals surface area contributed by atoms with Crippen LogP contribution in [-0.2, 0) is 10.5 Å². The molecule has 2 nitrogen and oxygen atoms in total. The highest BCUT2D eigenvalue weighted by Gasteiger charge is 1.99. The molecule has 2 aromatic carbocycles. The topological polar surface area (TPSA) is 29.1 Å². The monoisotopic (exact) mass is 335 g/mol. The predicted octanol–water partition coefficient (Wildman–Crippen LogP) is 4.70. The van der Waals surface area contributed by atoms with Gasteiger partial charge in [-0.3, -0.25) is 4.79 Å². The van der Waals surface area contributed by atoms with Gasteiger partial charge in [0.1, 0.15) is 0 Å². The Hall–Kier alpha value is -1.26. The quantitative estimate of drug-likeness (QED) is 0.820. The fourth-order valence-electron chi connectivity index (χ4n) is 1.63. The summed E-state index contributed by atoms with van der Waals surface area (Å²) in [5, 5.41) is 2.76. The fourth-order valence-corrected chi connectivity index (χ4v) is 2.92. The molecule has 19 heavy (non-hydrogen) atoms. The molecule has 0 spiro atoms. The van der Waals surface area contributed by atoms with Crippen molar-refractivity contribution in [2.75, 3.05) is 5.32 Å². The van der Waals surface area contributed by atoms with Gasteiger partial charge in [-0.25, -0.2) is 0 Å². The standard InChI is InChI=1S/C15H14BrNOS/c1-11(18)17-14-5-7-15(8-6-14)19-10-12-3-2-4-13(16)9-12/h2-9H,10H2,1H3,(H,17,18). The molecule has 0 heterocycles. The molecule has 0 unspecified atom stereocenters. The van der Waals surface area contributed by atoms with Crippen molar-refractivity contribution in [3.05, 3.63) is 58.6 Å². The van der Waals surface area contributed by atoms with Crippen LogP contribution in [0, 0.1) is 0 Å². The molecule has 1 N–H and O–H groups in total. The van der Waals surface area contributed by atoms with E-state index < -0.39 is 0 Å². The number of amides is 1. The minimum absolute atomic E-state index is 0.0467. The Bertz CT molecular complexity index is 569. The fraction of sp³-hybridized carbons (Fsp3) is 0.133. The SMILES string of the molecule is CC(=O)Nc1ccc(SCc2cccc(Br)c2)cc1. The van der Waals surface area contributed by atoms with Crippen LogP contribution >= 0.6 is 27.7 Å². The van der Waals surface area contributed by atoms with Gasteiger partial charge in [-0.1, -0.05) is 28.1 Å². The lowest BCUT2D eigenvalue weighted by atomic mass is 10.2. The molecule has 0 saturated carbocycles. The highest BCUT2D eigenvalue weighted by Crippen LogP contribution is 2.25. The number of thioether (sulfide) groups is 1. The van der Waals surface area contributed by atoms with Gasteiger partial charge in [0.15, 0.2) is 0 Å². The maximum Gasteiger partial charge on any atom is 0.221 e. The molecule has 1 amide bonds. The molecule has 2 rings (SSSR count). The summed E-state index contributed by atoms with van der Waals surface area (Å²) in [7, 11) is 0. The smallest absolute Gasteiger partial charge is 0.221 e. The summed E-state index contributed by atoms with van der Waals surface area (Å²) in [5.41, 5.74) is 2.12. The molecule has 0 atom stereocenters. The number of halogens is 1. The largest absolute Gasteiger partial charge is 0.326 e. The highest BCUT2D eigenvalue weighted by molar-refractivity contribution is 9.10. The number of rotatable bonds is 4. The van der Waals surface area contributed by atoms with Gasteiger partial charge >= 0.3 is 0 Å². The molecular formula is C15H14BrNOS. The van der Waals surface area contributed by atoms with Gasteiger partial charge in [0, 0.05) is 27.7 Å². The third-order valence-electron chi connectivity index (χ3n) is 2.47. The summed E-state index contributed by atoms with van der Waals surface area (Å²) in [4.78, 5) is 12.1. The Labute approximate surface area is 125 Å². The van der Waals surface area contributed by atoms with Crippen LogP contribution in [0.4, 0.5) is 5.69 Å². The van der Waals surface area contributed by atoms with E-state index in [2.05, 4.69) is 33.4 Å². The van der Waals surface area contributed by atoms with E-state index in [9.17, 15) is 4.79 Å². The van der Waals surface area contributed by atoms with Crippen LogP contribution in [-0.4, -0.2) is 5.91 Å². The first-order chi connectivity index (χ1) is 9.13. The highest BCUT2D eigenvalue weighted by atomic mass is 79.9. The summed E-state index contributed by atoms with van der Waals surface area (Å²) in [6.45, 7) is 1.51. The van der Waals surface area contributed by atoms with Gasteiger partial charge in [0.25, 0.3) is 0 Å². The maximum atomic E-state index is 10.9. The van der Waals surface area contributed by atoms with E-state index in [1.54, 1.807) is 11.8 Å². The van der Waals surface area contributed by atoms with Gasteiger partial charge in [0.05, 0.1) is 0 Å². The third-order valence-corrected chi connectivity index (χ3v) is 4.05. The molecule has 0 bridgehead atoms. The first-order valence-corrected chi connectivity index (χ1v) is 7.66. The lowest BCUT2D eigenvalue weighted by molar-refractivity contribution is -0.114. The molecule has 0 aromatic heterocycles. The normalized spacial score (nSPS) is 10.2. The molecule has 0 radical (unpaired) electrons. The Balaban J connectivity index is 1.94. The second kappa shape index (κ2) is 6.78. The maximum absolute atomic E-state index is 10.9. The zero-order valence-corrected chi connectivity index (χ0v) is 12.9. The first-order valence-electron chi connectivity index (χ1n) is 5.88. The number of benzene rings is 2. The molecule has 98 valence electrons. The van der Waals surface area contributed by atoms with Crippen molar-refractivity contribution in [2.45, 2.75) is 17.6 Å². The van der Waals surface area contributed by atoms with Crippen LogP contribution in [0.3, 0.4) is 0 Å². The van der Waals surface area contributed by atoms with Crippen molar-refractivity contribution in [1.82, 2.24) is 0 Å². The second-order valence-electron chi connectivity index (χ2n) is 4.12. The molecular weight excluding hydrogens is 322 g/mol. The number of carbonyl (C=O) groups excluding carboxylic acids is 1.